The van der Waals surface area contributed by atoms with Crippen LogP contribution in [0.5, 0.6) is 0 Å². The third-order valence-corrected chi connectivity index (χ3v) is 5.24. The van der Waals surface area contributed by atoms with Gasteiger partial charge in [0.05, 0.1) is 11.4 Å². The van der Waals surface area contributed by atoms with Crippen molar-refractivity contribution >= 4 is 5.91 Å². The summed E-state index contributed by atoms with van der Waals surface area (Å²) in [5.41, 5.74) is -1.42. The monoisotopic (exact) mass is 448 g/mol. The van der Waals surface area contributed by atoms with Gasteiger partial charge in [-0.3, -0.25) is 14.7 Å². The first kappa shape index (κ1) is 21.9. The lowest BCUT2D eigenvalue weighted by Crippen LogP contribution is -2.44. The molecule has 4 rings (SSSR count). The van der Waals surface area contributed by atoms with E-state index in [4.69, 9.17) is 0 Å². The van der Waals surface area contributed by atoms with Crippen LogP contribution in [0.3, 0.4) is 0 Å². The zero-order valence-corrected chi connectivity index (χ0v) is 16.9. The van der Waals surface area contributed by atoms with Gasteiger partial charge in [-0.1, -0.05) is 17.3 Å². The molecule has 1 amide bonds. The highest BCUT2D eigenvalue weighted by atomic mass is 19.4. The van der Waals surface area contributed by atoms with Crippen LogP contribution in [0, 0.1) is 5.82 Å². The van der Waals surface area contributed by atoms with Crippen molar-refractivity contribution in [1.29, 1.82) is 0 Å². The van der Waals surface area contributed by atoms with Crippen LogP contribution in [0.4, 0.5) is 17.6 Å². The molecular formula is C21H20F4N6O. The molecule has 0 unspecified atom stereocenters. The van der Waals surface area contributed by atoms with E-state index in [1.165, 1.54) is 12.1 Å². The lowest BCUT2D eigenvalue weighted by Gasteiger charge is -2.32. The number of halogens is 4. The number of carbonyl (C=O) groups excluding carboxylic acids is 1. The minimum absolute atomic E-state index is 0.174. The Kier molecular flexibility index (Phi) is 6.17. The molecular weight excluding hydrogens is 428 g/mol. The molecule has 1 aromatic carbocycles. The molecule has 1 aliphatic heterocycles. The van der Waals surface area contributed by atoms with Crippen molar-refractivity contribution in [2.75, 3.05) is 13.1 Å². The van der Waals surface area contributed by atoms with Gasteiger partial charge < -0.3 is 5.32 Å². The van der Waals surface area contributed by atoms with Gasteiger partial charge in [-0.05, 0) is 43.2 Å². The third kappa shape index (κ3) is 4.93. The molecule has 1 fully saturated rings. The molecule has 32 heavy (non-hydrogen) atoms. The van der Waals surface area contributed by atoms with E-state index in [1.54, 1.807) is 6.20 Å². The highest BCUT2D eigenvalue weighted by Crippen LogP contribution is 2.33. The minimum atomic E-state index is -4.91. The van der Waals surface area contributed by atoms with E-state index >= 15 is 0 Å². The van der Waals surface area contributed by atoms with E-state index in [9.17, 15) is 22.4 Å². The van der Waals surface area contributed by atoms with E-state index in [-0.39, 0.29) is 11.7 Å². The summed E-state index contributed by atoms with van der Waals surface area (Å²) in [6, 6.07) is 9.88. The Balaban J connectivity index is 1.45. The first-order valence-corrected chi connectivity index (χ1v) is 10.0. The Morgan fingerprint density at radius 1 is 1.12 bits per heavy atom. The average molecular weight is 448 g/mol. The molecule has 168 valence electrons. The highest BCUT2D eigenvalue weighted by Gasteiger charge is 2.42. The molecule has 7 nitrogen and oxygen atoms in total. The van der Waals surface area contributed by atoms with E-state index in [0.29, 0.717) is 37.2 Å². The van der Waals surface area contributed by atoms with Crippen LogP contribution >= 0.6 is 0 Å². The number of rotatable bonds is 5. The molecule has 0 radical (unpaired) electrons. The van der Waals surface area contributed by atoms with Gasteiger partial charge in [-0.15, -0.1) is 5.10 Å². The minimum Gasteiger partial charge on any atom is -0.348 e. The Morgan fingerprint density at radius 3 is 2.56 bits per heavy atom. The molecule has 1 aliphatic rings. The number of amides is 1. The maximum absolute atomic E-state index is 13.7. The normalized spacial score (nSPS) is 15.6. The maximum Gasteiger partial charge on any atom is 0.435 e. The number of pyridine rings is 1. The van der Waals surface area contributed by atoms with Gasteiger partial charge in [0.25, 0.3) is 5.91 Å². The van der Waals surface area contributed by atoms with Crippen molar-refractivity contribution in [2.45, 2.75) is 31.6 Å². The smallest absolute Gasteiger partial charge is 0.348 e. The largest absolute Gasteiger partial charge is 0.435 e. The SMILES string of the molecule is O=C(NC1CCN(Cc2ccccn2)CC1)c1nnn(-c2cccc(F)c2)c1C(F)(F)F. The summed E-state index contributed by atoms with van der Waals surface area (Å²) in [4.78, 5) is 19.1. The Hall–Kier alpha value is -3.34. The second kappa shape index (κ2) is 9.03. The van der Waals surface area contributed by atoms with Crippen molar-refractivity contribution in [3.8, 4) is 5.69 Å². The number of benzene rings is 1. The molecule has 0 spiro atoms. The molecule has 11 heteroatoms. The summed E-state index contributed by atoms with van der Waals surface area (Å²) in [5, 5.41) is 9.57. The number of hydrogen-bond acceptors (Lipinski definition) is 5. The number of nitrogens with one attached hydrogen (secondary N) is 1. The molecule has 1 saturated heterocycles. The summed E-state index contributed by atoms with van der Waals surface area (Å²) in [6.45, 7) is 2.01. The zero-order chi connectivity index (χ0) is 22.7. The van der Waals surface area contributed by atoms with E-state index < -0.39 is 29.3 Å². The van der Waals surface area contributed by atoms with Crippen molar-refractivity contribution < 1.29 is 22.4 Å². The van der Waals surface area contributed by atoms with Gasteiger partial charge >= 0.3 is 6.18 Å². The zero-order valence-electron chi connectivity index (χ0n) is 16.9. The van der Waals surface area contributed by atoms with Crippen LogP contribution in [0.2, 0.25) is 0 Å². The topological polar surface area (TPSA) is 75.9 Å². The summed E-state index contributed by atoms with van der Waals surface area (Å²) < 4.78 is 55.1. The number of piperidine rings is 1. The summed E-state index contributed by atoms with van der Waals surface area (Å²) in [7, 11) is 0. The van der Waals surface area contributed by atoms with Crippen molar-refractivity contribution in [3.63, 3.8) is 0 Å². The number of carbonyl (C=O) groups is 1. The average Bonchev–Trinajstić information content (AvgIpc) is 3.22. The lowest BCUT2D eigenvalue weighted by molar-refractivity contribution is -0.143. The molecule has 1 N–H and O–H groups in total. The van der Waals surface area contributed by atoms with Gasteiger partial charge in [0.1, 0.15) is 5.82 Å². The van der Waals surface area contributed by atoms with Crippen LogP contribution in [0.25, 0.3) is 5.69 Å². The number of hydrogen-bond donors (Lipinski definition) is 1. The summed E-state index contributed by atoms with van der Waals surface area (Å²) in [6.07, 6.45) is -2.03. The van der Waals surface area contributed by atoms with Crippen molar-refractivity contribution in [2.24, 2.45) is 0 Å². The van der Waals surface area contributed by atoms with E-state index in [2.05, 4.69) is 25.5 Å². The quantitative estimate of drug-likeness (QED) is 0.607. The maximum atomic E-state index is 13.7. The third-order valence-electron chi connectivity index (χ3n) is 5.24. The van der Waals surface area contributed by atoms with Gasteiger partial charge in [-0.2, -0.15) is 13.2 Å². The summed E-state index contributed by atoms with van der Waals surface area (Å²) >= 11 is 0. The van der Waals surface area contributed by atoms with Crippen molar-refractivity contribution in [1.82, 2.24) is 30.2 Å². The molecule has 0 atom stereocenters. The Bertz CT molecular complexity index is 1080. The number of likely N-dealkylation sites (tertiary alicyclic amines) is 1. The molecule has 3 heterocycles. The summed E-state index contributed by atoms with van der Waals surface area (Å²) in [5.74, 6) is -1.68. The molecule has 2 aromatic heterocycles. The van der Waals surface area contributed by atoms with E-state index in [1.807, 2.05) is 18.2 Å². The second-order valence-electron chi connectivity index (χ2n) is 7.52. The van der Waals surface area contributed by atoms with Crippen LogP contribution in [-0.4, -0.2) is 49.9 Å². The number of alkyl halides is 3. The number of nitrogens with zero attached hydrogens (tertiary/aromatic N) is 5. The first-order chi connectivity index (χ1) is 15.3. The standard InChI is InChI=1S/C21H20F4N6O/c22-14-4-3-6-17(12-14)31-19(21(23,24)25)18(28-29-31)20(32)27-15-7-10-30(11-8-15)13-16-5-1-2-9-26-16/h1-6,9,12,15H,7-8,10-11,13H2,(H,27,32). The fraction of sp³-hybridized carbons (Fsp3) is 0.333. The van der Waals surface area contributed by atoms with Gasteiger partial charge in [0, 0.05) is 31.9 Å². The molecule has 0 aliphatic carbocycles. The Morgan fingerprint density at radius 2 is 1.91 bits per heavy atom. The van der Waals surface area contributed by atoms with Crippen LogP contribution < -0.4 is 5.32 Å². The fourth-order valence-electron chi connectivity index (χ4n) is 3.69. The van der Waals surface area contributed by atoms with E-state index in [0.717, 1.165) is 17.8 Å². The van der Waals surface area contributed by atoms with Crippen LogP contribution in [-0.2, 0) is 12.7 Å². The molecule has 3 aromatic rings. The van der Waals surface area contributed by atoms with Gasteiger partial charge in [0.15, 0.2) is 11.4 Å². The number of aromatic nitrogens is 4. The Labute approximate surface area is 181 Å². The van der Waals surface area contributed by atoms with Crippen LogP contribution in [0.15, 0.2) is 48.7 Å². The first-order valence-electron chi connectivity index (χ1n) is 10.0. The molecule has 0 bridgehead atoms. The molecule has 0 saturated carbocycles. The van der Waals surface area contributed by atoms with Crippen LogP contribution in [0.1, 0.15) is 34.7 Å². The predicted octanol–water partition coefficient (Wildman–Crippen LogP) is 3.21. The predicted molar refractivity (Wildman–Crippen MR) is 106 cm³/mol. The fourth-order valence-corrected chi connectivity index (χ4v) is 3.69. The van der Waals surface area contributed by atoms with Gasteiger partial charge in [-0.25, -0.2) is 9.07 Å². The lowest BCUT2D eigenvalue weighted by atomic mass is 10.0. The van der Waals surface area contributed by atoms with Gasteiger partial charge in [0.2, 0.25) is 0 Å². The van der Waals surface area contributed by atoms with Crippen molar-refractivity contribution in [3.05, 3.63) is 71.6 Å². The highest BCUT2D eigenvalue weighted by molar-refractivity contribution is 5.93. The second-order valence-corrected chi connectivity index (χ2v) is 7.52.